The second-order valence-corrected chi connectivity index (χ2v) is 12.7. The fourth-order valence-electron chi connectivity index (χ4n) is 6.31. The number of benzene rings is 5. The van der Waals surface area contributed by atoms with Gasteiger partial charge in [0.1, 0.15) is 36.9 Å². The zero-order valence-electron chi connectivity index (χ0n) is 30.9. The van der Waals surface area contributed by atoms with E-state index < -0.39 is 18.2 Å². The number of alkyl carbamates (subject to hydrolysis) is 1. The molecule has 2 aliphatic heterocycles. The molecule has 13 heteroatoms. The highest BCUT2D eigenvalue weighted by Gasteiger charge is 2.33. The molecule has 4 N–H and O–H groups in total. The first-order valence-corrected chi connectivity index (χ1v) is 17.6. The van der Waals surface area contributed by atoms with Gasteiger partial charge in [0, 0.05) is 37.2 Å². The SMILES string of the molecule is COCN1C(=O)C(N)CN(c2ccccc2)c2ccc(OC)cc21.COc1ccc2c(c1)NC(=O)C(NC(=O)OCc1ccccc1)CN2c1ccccc1. The minimum Gasteiger partial charge on any atom is -0.497 e. The first-order chi connectivity index (χ1) is 26.8. The number of hydrogen-bond acceptors (Lipinski definition) is 10. The van der Waals surface area contributed by atoms with Crippen molar-refractivity contribution in [3.8, 4) is 11.5 Å². The second-order valence-electron chi connectivity index (χ2n) is 12.7. The summed E-state index contributed by atoms with van der Waals surface area (Å²) in [6, 6.07) is 38.6. The van der Waals surface area contributed by atoms with Crippen molar-refractivity contribution >= 4 is 52.0 Å². The predicted octanol–water partition coefficient (Wildman–Crippen LogP) is 6.19. The lowest BCUT2D eigenvalue weighted by Gasteiger charge is -2.27. The Hall–Kier alpha value is -6.57. The van der Waals surface area contributed by atoms with Crippen LogP contribution in [0, 0.1) is 0 Å². The fourth-order valence-corrected chi connectivity index (χ4v) is 6.31. The molecular weight excluding hydrogens is 700 g/mol. The highest BCUT2D eigenvalue weighted by Crippen LogP contribution is 2.40. The highest BCUT2D eigenvalue weighted by atomic mass is 16.5. The van der Waals surface area contributed by atoms with Crippen molar-refractivity contribution in [3.05, 3.63) is 133 Å². The van der Waals surface area contributed by atoms with Gasteiger partial charge in [0.25, 0.3) is 0 Å². The Balaban J connectivity index is 0.000000193. The molecule has 2 unspecified atom stereocenters. The zero-order chi connectivity index (χ0) is 38.7. The van der Waals surface area contributed by atoms with Gasteiger partial charge in [0.15, 0.2) is 0 Å². The van der Waals surface area contributed by atoms with Gasteiger partial charge in [0.2, 0.25) is 11.8 Å². The number of rotatable bonds is 9. The van der Waals surface area contributed by atoms with Crippen LogP contribution in [0.3, 0.4) is 0 Å². The molecule has 2 aliphatic rings. The second kappa shape index (κ2) is 18.0. The normalized spacial score (nSPS) is 16.3. The molecule has 0 saturated heterocycles. The van der Waals surface area contributed by atoms with Crippen molar-refractivity contribution in [2.75, 3.05) is 61.2 Å². The summed E-state index contributed by atoms with van der Waals surface area (Å²) in [5, 5.41) is 5.59. The van der Waals surface area contributed by atoms with Crippen LogP contribution in [0.4, 0.5) is 38.9 Å². The number of nitrogens with two attached hydrogens (primary N) is 1. The third kappa shape index (κ3) is 9.15. The van der Waals surface area contributed by atoms with Gasteiger partial charge < -0.3 is 45.1 Å². The summed E-state index contributed by atoms with van der Waals surface area (Å²) in [5.74, 6) is 0.793. The molecule has 7 rings (SSSR count). The largest absolute Gasteiger partial charge is 0.497 e. The number of para-hydroxylation sites is 2. The lowest BCUT2D eigenvalue weighted by atomic mass is 10.2. The molecule has 55 heavy (non-hydrogen) atoms. The van der Waals surface area contributed by atoms with Crippen LogP contribution in [0.1, 0.15) is 5.56 Å². The molecule has 0 saturated carbocycles. The Bertz CT molecular complexity index is 2070. The van der Waals surface area contributed by atoms with Crippen molar-refractivity contribution in [3.63, 3.8) is 0 Å². The van der Waals surface area contributed by atoms with E-state index in [0.717, 1.165) is 34.0 Å². The smallest absolute Gasteiger partial charge is 0.408 e. The molecule has 0 radical (unpaired) electrons. The van der Waals surface area contributed by atoms with E-state index in [1.165, 1.54) is 0 Å². The first kappa shape index (κ1) is 38.2. The number of nitrogens with one attached hydrogen (secondary N) is 2. The molecule has 284 valence electrons. The van der Waals surface area contributed by atoms with Crippen molar-refractivity contribution in [1.29, 1.82) is 0 Å². The average molecular weight is 745 g/mol. The molecule has 2 heterocycles. The number of amides is 3. The Labute approximate surface area is 320 Å². The first-order valence-electron chi connectivity index (χ1n) is 17.6. The Morgan fingerprint density at radius 1 is 0.727 bits per heavy atom. The summed E-state index contributed by atoms with van der Waals surface area (Å²) in [6.07, 6.45) is -0.652. The van der Waals surface area contributed by atoms with Crippen LogP contribution < -0.4 is 40.5 Å². The number of nitrogens with zero attached hydrogens (tertiary/aromatic N) is 3. The van der Waals surface area contributed by atoms with Crippen molar-refractivity contribution in [1.82, 2.24) is 5.32 Å². The van der Waals surface area contributed by atoms with Gasteiger partial charge in [-0.3, -0.25) is 14.5 Å². The van der Waals surface area contributed by atoms with Crippen LogP contribution >= 0.6 is 0 Å². The third-order valence-electron chi connectivity index (χ3n) is 9.06. The fraction of sp³-hybridized carbons (Fsp3) is 0.214. The van der Waals surface area contributed by atoms with E-state index in [4.69, 9.17) is 24.7 Å². The summed E-state index contributed by atoms with van der Waals surface area (Å²) >= 11 is 0. The number of anilines is 6. The summed E-state index contributed by atoms with van der Waals surface area (Å²) < 4.78 is 21.1. The minimum atomic E-state index is -0.818. The van der Waals surface area contributed by atoms with Crippen LogP contribution in [0.15, 0.2) is 127 Å². The third-order valence-corrected chi connectivity index (χ3v) is 9.06. The van der Waals surface area contributed by atoms with E-state index in [1.807, 2.05) is 131 Å². The lowest BCUT2D eigenvalue weighted by Crippen LogP contribution is -2.48. The van der Waals surface area contributed by atoms with Crippen LogP contribution in [0.2, 0.25) is 0 Å². The van der Waals surface area contributed by atoms with E-state index in [1.54, 1.807) is 32.3 Å². The van der Waals surface area contributed by atoms with Crippen LogP contribution in [-0.2, 0) is 25.7 Å². The van der Waals surface area contributed by atoms with Crippen molar-refractivity contribution < 1.29 is 33.3 Å². The molecule has 0 aromatic heterocycles. The maximum absolute atomic E-state index is 12.9. The maximum atomic E-state index is 12.9. The average Bonchev–Trinajstić information content (AvgIpc) is 3.43. The standard InChI is InChI=1S/C24H23N3O4.C18H21N3O3/c1-30-19-12-13-22-20(14-19)25-23(28)21(15-27(22)18-10-6-3-7-11-18)26-24(29)31-16-17-8-4-2-5-9-17;1-23-12-21-17-10-14(24-2)8-9-16(17)20(11-15(19)18(21)22)13-6-4-3-5-7-13/h2-14,21H,15-16H2,1H3,(H,25,28)(H,26,29);3-10,15H,11-12,19H2,1-2H3. The van der Waals surface area contributed by atoms with Crippen molar-refractivity contribution in [2.24, 2.45) is 5.73 Å². The molecule has 5 aromatic carbocycles. The molecule has 0 aliphatic carbocycles. The van der Waals surface area contributed by atoms with Gasteiger partial charge in [-0.2, -0.15) is 0 Å². The van der Waals surface area contributed by atoms with E-state index >= 15 is 0 Å². The number of methoxy groups -OCH3 is 3. The topological polar surface area (TPSA) is 148 Å². The number of carbonyl (C=O) groups excluding carboxylic acids is 3. The lowest BCUT2D eigenvalue weighted by molar-refractivity contribution is -0.120. The van der Waals surface area contributed by atoms with Crippen molar-refractivity contribution in [2.45, 2.75) is 18.7 Å². The van der Waals surface area contributed by atoms with Crippen LogP contribution in [0.5, 0.6) is 11.5 Å². The number of hydrogen-bond donors (Lipinski definition) is 3. The highest BCUT2D eigenvalue weighted by molar-refractivity contribution is 6.03. The Morgan fingerprint density at radius 2 is 1.29 bits per heavy atom. The van der Waals surface area contributed by atoms with E-state index in [-0.39, 0.29) is 31.7 Å². The van der Waals surface area contributed by atoms with Gasteiger partial charge in [-0.15, -0.1) is 0 Å². The zero-order valence-corrected chi connectivity index (χ0v) is 30.9. The number of ether oxygens (including phenoxy) is 4. The van der Waals surface area contributed by atoms with E-state index in [9.17, 15) is 14.4 Å². The Kier molecular flexibility index (Phi) is 12.5. The number of fused-ring (bicyclic) bond motifs is 2. The molecule has 13 nitrogen and oxygen atoms in total. The predicted molar refractivity (Wildman–Crippen MR) is 212 cm³/mol. The van der Waals surface area contributed by atoms with Gasteiger partial charge in [0.05, 0.1) is 43.5 Å². The summed E-state index contributed by atoms with van der Waals surface area (Å²) in [5.41, 5.74) is 11.9. The van der Waals surface area contributed by atoms with Crippen LogP contribution in [-0.4, -0.2) is 71.1 Å². The van der Waals surface area contributed by atoms with Gasteiger partial charge in [-0.25, -0.2) is 4.79 Å². The molecule has 0 bridgehead atoms. The molecular formula is C42H44N6O7. The minimum absolute atomic E-state index is 0.126. The van der Waals surface area contributed by atoms with E-state index in [2.05, 4.69) is 10.6 Å². The number of carbonyl (C=O) groups is 3. The molecule has 5 aromatic rings. The molecule has 3 amide bonds. The molecule has 0 fully saturated rings. The van der Waals surface area contributed by atoms with Crippen LogP contribution in [0.25, 0.3) is 0 Å². The Morgan fingerprint density at radius 3 is 1.89 bits per heavy atom. The van der Waals surface area contributed by atoms with Gasteiger partial charge >= 0.3 is 6.09 Å². The maximum Gasteiger partial charge on any atom is 0.408 e. The summed E-state index contributed by atoms with van der Waals surface area (Å²) in [6.45, 7) is 0.897. The molecule has 0 spiro atoms. The molecule has 2 atom stereocenters. The van der Waals surface area contributed by atoms with Gasteiger partial charge in [-0.1, -0.05) is 66.7 Å². The quantitative estimate of drug-likeness (QED) is 0.160. The van der Waals surface area contributed by atoms with Gasteiger partial charge in [-0.05, 0) is 54.1 Å². The summed E-state index contributed by atoms with van der Waals surface area (Å²) in [7, 11) is 4.72. The monoisotopic (exact) mass is 744 g/mol. The van der Waals surface area contributed by atoms with E-state index in [0.29, 0.717) is 23.7 Å². The summed E-state index contributed by atoms with van der Waals surface area (Å²) in [4.78, 5) is 43.6.